The number of carbonyl (C=O) groups excluding carboxylic acids is 11. The summed E-state index contributed by atoms with van der Waals surface area (Å²) >= 11 is 6.11. The molecule has 2 aliphatic heterocycles. The van der Waals surface area contributed by atoms with Crippen LogP contribution in [-0.2, 0) is 65.3 Å². The molecule has 0 unspecified atom stereocenters. The van der Waals surface area contributed by atoms with Crippen LogP contribution < -0.4 is 21.3 Å². The maximum absolute atomic E-state index is 15.1. The number of hydrogen-bond acceptors (Lipinski definition) is 11. The minimum Gasteiger partial charge on any atom is -0.350 e. The number of aryl methyl sites for hydroxylation is 1. The zero-order valence-corrected chi connectivity index (χ0v) is 56.6. The van der Waals surface area contributed by atoms with Crippen molar-refractivity contribution in [3.63, 3.8) is 0 Å². The lowest BCUT2D eigenvalue weighted by Gasteiger charge is -2.39. The van der Waals surface area contributed by atoms with E-state index in [1.54, 1.807) is 20.8 Å². The van der Waals surface area contributed by atoms with Crippen LogP contribution in [0.1, 0.15) is 162 Å². The van der Waals surface area contributed by atoms with Crippen LogP contribution in [0.15, 0.2) is 18.2 Å². The number of likely N-dealkylation sites (N-methyl/N-ethyl adjacent to an activating group) is 6. The number of rotatable bonds is 11. The van der Waals surface area contributed by atoms with Crippen molar-refractivity contribution in [3.05, 3.63) is 34.3 Å². The van der Waals surface area contributed by atoms with Gasteiger partial charge in [-0.25, -0.2) is 0 Å². The second-order valence-electron chi connectivity index (χ2n) is 26.8. The van der Waals surface area contributed by atoms with Crippen molar-refractivity contribution < 1.29 is 65.9 Å². The van der Waals surface area contributed by atoms with Gasteiger partial charge in [0.25, 0.3) is 0 Å². The lowest BCUT2D eigenvalue weighted by Crippen LogP contribution is -2.64. The van der Waals surface area contributed by atoms with E-state index in [0.717, 1.165) is 58.9 Å². The van der Waals surface area contributed by atoms with E-state index in [0.29, 0.717) is 31.2 Å². The van der Waals surface area contributed by atoms with E-state index in [2.05, 4.69) is 27.2 Å². The Labute approximate surface area is 545 Å². The Bertz CT molecular complexity index is 2880. The molecule has 1 aromatic rings. The molecule has 1 spiro atoms. The number of terminal acetylenes is 1. The van der Waals surface area contributed by atoms with Gasteiger partial charge in [0, 0.05) is 67.7 Å². The van der Waals surface area contributed by atoms with Crippen LogP contribution in [0, 0.1) is 36.0 Å². The molecule has 512 valence electrons. The van der Waals surface area contributed by atoms with Crippen LogP contribution in [0.3, 0.4) is 0 Å². The third kappa shape index (κ3) is 19.8. The van der Waals surface area contributed by atoms with E-state index in [-0.39, 0.29) is 76.2 Å². The van der Waals surface area contributed by atoms with Crippen molar-refractivity contribution >= 4 is 76.6 Å². The highest BCUT2D eigenvalue weighted by molar-refractivity contribution is 6.31. The minimum atomic E-state index is -4.75. The molecule has 5 rings (SSSR count). The van der Waals surface area contributed by atoms with Gasteiger partial charge in [-0.05, 0) is 92.7 Å². The zero-order valence-electron chi connectivity index (χ0n) is 55.8. The van der Waals surface area contributed by atoms with Gasteiger partial charge >= 0.3 is 6.18 Å². The van der Waals surface area contributed by atoms with E-state index < -0.39 is 161 Å². The molecule has 8 atom stereocenters. The van der Waals surface area contributed by atoms with E-state index in [1.165, 1.54) is 68.0 Å². The molecule has 0 radical (unpaired) electrons. The van der Waals surface area contributed by atoms with Crippen molar-refractivity contribution in [3.8, 4) is 12.3 Å². The highest BCUT2D eigenvalue weighted by atomic mass is 35.5. The largest absolute Gasteiger partial charge is 0.417 e. The van der Waals surface area contributed by atoms with Gasteiger partial charge in [0.15, 0.2) is 0 Å². The quantitative estimate of drug-likeness (QED) is 0.210. The fourth-order valence-corrected chi connectivity index (χ4v) is 13.5. The van der Waals surface area contributed by atoms with Crippen molar-refractivity contribution in [2.75, 3.05) is 68.5 Å². The molecule has 2 aliphatic carbocycles. The predicted molar refractivity (Wildman–Crippen MR) is 340 cm³/mol. The average molecular weight is 1320 g/mol. The molecule has 26 heteroatoms. The second kappa shape index (κ2) is 33.7. The van der Waals surface area contributed by atoms with Crippen molar-refractivity contribution in [1.82, 2.24) is 55.6 Å². The molecule has 4 fully saturated rings. The number of benzene rings is 1. The molecule has 0 bridgehead atoms. The molecule has 92 heavy (non-hydrogen) atoms. The fraction of sp³-hybridized carbons (Fsp3) is 0.712. The second-order valence-corrected chi connectivity index (χ2v) is 27.2. The maximum Gasteiger partial charge on any atom is 0.417 e. The molecule has 0 aromatic heterocycles. The predicted octanol–water partition coefficient (Wildman–Crippen LogP) is 5.17. The third-order valence-corrected chi connectivity index (χ3v) is 19.2. The number of amides is 11. The highest BCUT2D eigenvalue weighted by Gasteiger charge is 2.50. The molecule has 1 aromatic carbocycles. The lowest BCUT2D eigenvalue weighted by atomic mass is 9.84. The normalized spacial score (nSPS) is 25.9. The Kier molecular flexibility index (Phi) is 27.8. The molecule has 4 aliphatic rings. The van der Waals surface area contributed by atoms with Crippen LogP contribution in [0.25, 0.3) is 0 Å². The van der Waals surface area contributed by atoms with Crippen LogP contribution in [0.4, 0.5) is 13.2 Å². The number of nitrogens with zero attached hydrogens (tertiary/aromatic N) is 7. The smallest absolute Gasteiger partial charge is 0.350 e. The molecular weight excluding hydrogens is 1220 g/mol. The number of halogens is 4. The first kappa shape index (κ1) is 75.7. The summed E-state index contributed by atoms with van der Waals surface area (Å²) in [6.07, 6.45) is 7.42. The van der Waals surface area contributed by atoms with Gasteiger partial charge in [0.2, 0.25) is 65.0 Å². The van der Waals surface area contributed by atoms with E-state index in [4.69, 9.17) is 18.0 Å². The maximum atomic E-state index is 15.1. The van der Waals surface area contributed by atoms with Crippen molar-refractivity contribution in [2.24, 2.45) is 23.7 Å². The van der Waals surface area contributed by atoms with Gasteiger partial charge in [-0.3, -0.25) is 52.7 Å². The van der Waals surface area contributed by atoms with Gasteiger partial charge in [0.05, 0.1) is 30.2 Å². The minimum absolute atomic E-state index is 0.0270. The number of fused-ring (bicyclic) bond motifs is 1. The summed E-state index contributed by atoms with van der Waals surface area (Å²) < 4.78 is 41.3. The molecule has 4 N–H and O–H groups in total. The Hall–Kier alpha value is -6.97. The van der Waals surface area contributed by atoms with Crippen molar-refractivity contribution in [2.45, 2.75) is 211 Å². The van der Waals surface area contributed by atoms with Crippen LogP contribution in [0.2, 0.25) is 5.02 Å². The number of hydrogen-bond donors (Lipinski definition) is 4. The Morgan fingerprint density at radius 1 is 0.685 bits per heavy atom. The van der Waals surface area contributed by atoms with Crippen molar-refractivity contribution in [1.29, 1.82) is 0 Å². The first-order valence-corrected chi connectivity index (χ1v) is 32.9. The van der Waals surface area contributed by atoms with E-state index in [1.807, 2.05) is 20.8 Å². The lowest BCUT2D eigenvalue weighted by molar-refractivity contribution is -0.149. The fourth-order valence-electron chi connectivity index (χ4n) is 13.2. The summed E-state index contributed by atoms with van der Waals surface area (Å²) in [5, 5.41) is 10.9. The molecule has 11 amide bonds. The first-order chi connectivity index (χ1) is 43.2. The molecule has 2 saturated carbocycles. The number of alkyl halides is 3. The summed E-state index contributed by atoms with van der Waals surface area (Å²) in [5.41, 5.74) is -2.30. The highest BCUT2D eigenvalue weighted by Crippen LogP contribution is 2.37. The van der Waals surface area contributed by atoms with E-state index >= 15 is 9.59 Å². The number of carbonyl (C=O) groups is 11. The van der Waals surface area contributed by atoms with Gasteiger partial charge < -0.3 is 55.6 Å². The number of nitrogens with one attached hydrogen (secondary N) is 4. The summed E-state index contributed by atoms with van der Waals surface area (Å²) in [6, 6.07) is -4.96. The Balaban J connectivity index is 1.56. The standard InChI is InChI=1S/C66H99ClF3N11O11/c1-14-22-45-36-53(83)78(11)50(33-40(3)4)58(86)73-56(42(7)15-2)63(91)77(10)38-54(84)75(8)39-55(85)79(12)51(35-43-23-17-16-18-24-43)62(90)76(9)37-52(82)72-48(29-27-44-26-28-46(47(67)34-44)66(68,69)70)61(89)81-32-21-25-49(81)59(87)74-65(30-19-20-31-65)64(92)80(13)57(41(5)6)60(88)71-45/h1,26,28,34,40-43,45,48-51,56-57H,15-25,27,29-33,35-39H2,2-13H3,(H,71,88)(H,72,82)(H,73,86)(H,74,87)/t42-,45+,48-,49-,50-,51-,56-,57-/m0/s1. The van der Waals surface area contributed by atoms with Crippen LogP contribution >= 0.6 is 11.6 Å². The summed E-state index contributed by atoms with van der Waals surface area (Å²) in [7, 11) is 8.47. The van der Waals surface area contributed by atoms with Crippen LogP contribution in [0.5, 0.6) is 0 Å². The SMILES string of the molecule is C#CC[C@@H]1CC(=O)N(C)[C@@H](CC(C)C)C(=O)N[C@@H]([C@@H](C)CC)C(=O)N(C)CC(=O)N(C)CC(=O)N(C)[C@@H](CC2CCCCC2)C(=O)N(C)CC(=O)N[C@@H](CCc2ccc(C(F)(F)F)c(Cl)c2)C(=O)N2CCC[C@H]2C(=O)NC2(CCCC2)C(=O)N(C)[C@@H](C(C)C)C(=O)N1. The van der Waals surface area contributed by atoms with Gasteiger partial charge in [-0.1, -0.05) is 111 Å². The zero-order chi connectivity index (χ0) is 68.7. The van der Waals surface area contributed by atoms with E-state index in [9.17, 15) is 56.3 Å². The third-order valence-electron chi connectivity index (χ3n) is 18.9. The summed E-state index contributed by atoms with van der Waals surface area (Å²) in [4.78, 5) is 169. The Morgan fingerprint density at radius 3 is 1.89 bits per heavy atom. The summed E-state index contributed by atoms with van der Waals surface area (Å²) in [6.45, 7) is 9.19. The molecule has 22 nitrogen and oxygen atoms in total. The van der Waals surface area contributed by atoms with Gasteiger partial charge in [-0.15, -0.1) is 12.3 Å². The van der Waals surface area contributed by atoms with Crippen LogP contribution in [-0.4, -0.2) is 216 Å². The molecule has 2 saturated heterocycles. The van der Waals surface area contributed by atoms with Gasteiger partial charge in [-0.2, -0.15) is 13.2 Å². The summed E-state index contributed by atoms with van der Waals surface area (Å²) in [5.74, 6) is -5.68. The van der Waals surface area contributed by atoms with Gasteiger partial charge in [0.1, 0.15) is 41.8 Å². The first-order valence-electron chi connectivity index (χ1n) is 32.5. The average Bonchev–Trinajstić information content (AvgIpc) is 1.52. The topological polar surface area (TPSA) is 259 Å². The Morgan fingerprint density at radius 2 is 1.30 bits per heavy atom. The molecular formula is C66H99ClF3N11O11. The monoisotopic (exact) mass is 1310 g/mol. The molecule has 2 heterocycles.